The molecule has 0 amide bonds. The van der Waals surface area contributed by atoms with E-state index in [-0.39, 0.29) is 0 Å². The number of carbonyl (C=O) groups is 1. The molecule has 0 aromatic heterocycles. The van der Waals surface area contributed by atoms with Crippen LogP contribution in [0.1, 0.15) is 6.42 Å². The number of carbonyl (C=O) groups excluding carboxylic acids is 1. The predicted octanol–water partition coefficient (Wildman–Crippen LogP) is 2.04. The van der Waals surface area contributed by atoms with Crippen LogP contribution in [-0.2, 0) is 4.79 Å². The molecule has 0 aromatic carbocycles. The summed E-state index contributed by atoms with van der Waals surface area (Å²) in [5, 5.41) is -1.67. The summed E-state index contributed by atoms with van der Waals surface area (Å²) in [6.45, 7) is 0. The van der Waals surface area contributed by atoms with Crippen molar-refractivity contribution in [2.45, 2.75) is 18.3 Å². The van der Waals surface area contributed by atoms with Crippen LogP contribution in [0.25, 0.3) is 0 Å². The van der Waals surface area contributed by atoms with Gasteiger partial charge in [-0.25, -0.2) is 17.6 Å². The van der Waals surface area contributed by atoms with E-state index in [0.717, 1.165) is 0 Å². The molecule has 1 fully saturated rings. The van der Waals surface area contributed by atoms with Gasteiger partial charge in [0, 0.05) is 0 Å². The molecular formula is C5H3ClF4O. The molecule has 1 rings (SSSR count). The van der Waals surface area contributed by atoms with Crippen LogP contribution in [-0.4, -0.2) is 17.1 Å². The van der Waals surface area contributed by atoms with Crippen LogP contribution < -0.4 is 0 Å². The fourth-order valence-electron chi connectivity index (χ4n) is 1.03. The molecule has 0 spiro atoms. The number of hydrogen-bond acceptors (Lipinski definition) is 1. The van der Waals surface area contributed by atoms with E-state index in [2.05, 4.69) is 11.6 Å². The van der Waals surface area contributed by atoms with Crippen molar-refractivity contribution in [1.82, 2.24) is 0 Å². The van der Waals surface area contributed by atoms with E-state index in [4.69, 9.17) is 0 Å². The third-order valence-electron chi connectivity index (χ3n) is 1.54. The van der Waals surface area contributed by atoms with E-state index in [1.807, 2.05) is 0 Å². The van der Waals surface area contributed by atoms with Crippen LogP contribution >= 0.6 is 11.6 Å². The van der Waals surface area contributed by atoms with Gasteiger partial charge in [-0.2, -0.15) is 0 Å². The Labute approximate surface area is 64.3 Å². The second kappa shape index (κ2) is 2.09. The molecule has 0 unspecified atom stereocenters. The first-order valence-electron chi connectivity index (χ1n) is 2.72. The highest BCUT2D eigenvalue weighted by molar-refractivity contribution is 6.64. The van der Waals surface area contributed by atoms with Crippen LogP contribution in [0.4, 0.5) is 17.6 Å². The average molecular weight is 191 g/mol. The third kappa shape index (κ3) is 1.21. The standard InChI is InChI=1S/C5H3ClF4O/c6-3(11)2-4(7,8)1-5(2,9)10/h2H,1H2. The van der Waals surface area contributed by atoms with E-state index < -0.39 is 29.4 Å². The molecule has 1 saturated carbocycles. The first-order chi connectivity index (χ1) is 4.77. The van der Waals surface area contributed by atoms with Crippen molar-refractivity contribution in [2.75, 3.05) is 0 Å². The van der Waals surface area contributed by atoms with Gasteiger partial charge in [0.15, 0.2) is 5.92 Å². The molecule has 0 atom stereocenters. The van der Waals surface area contributed by atoms with Crippen LogP contribution in [0.5, 0.6) is 0 Å². The Balaban J connectivity index is 2.81. The first kappa shape index (κ1) is 8.77. The second-order valence-corrected chi connectivity index (χ2v) is 2.81. The maximum atomic E-state index is 12.2. The smallest absolute Gasteiger partial charge is 0.270 e. The fraction of sp³-hybridized carbons (Fsp3) is 0.800. The van der Waals surface area contributed by atoms with Gasteiger partial charge < -0.3 is 0 Å². The molecule has 0 aromatic rings. The van der Waals surface area contributed by atoms with Crippen molar-refractivity contribution in [2.24, 2.45) is 5.92 Å². The summed E-state index contributed by atoms with van der Waals surface area (Å²) in [5.74, 6) is -9.90. The van der Waals surface area contributed by atoms with Crippen molar-refractivity contribution in [1.29, 1.82) is 0 Å². The van der Waals surface area contributed by atoms with E-state index in [1.165, 1.54) is 0 Å². The Hall–Kier alpha value is -0.320. The number of alkyl halides is 4. The van der Waals surface area contributed by atoms with E-state index in [0.29, 0.717) is 0 Å². The van der Waals surface area contributed by atoms with Gasteiger partial charge in [0.05, 0.1) is 6.42 Å². The van der Waals surface area contributed by atoms with Crippen molar-refractivity contribution >= 4 is 16.8 Å². The van der Waals surface area contributed by atoms with Crippen molar-refractivity contribution in [3.63, 3.8) is 0 Å². The summed E-state index contributed by atoms with van der Waals surface area (Å²) in [6, 6.07) is 0. The summed E-state index contributed by atoms with van der Waals surface area (Å²) >= 11 is 4.55. The normalized spacial score (nSPS) is 27.7. The first-order valence-corrected chi connectivity index (χ1v) is 3.10. The summed E-state index contributed by atoms with van der Waals surface area (Å²) in [4.78, 5) is 10.1. The van der Waals surface area contributed by atoms with Crippen LogP contribution in [0.15, 0.2) is 0 Å². The average Bonchev–Trinajstić information content (AvgIpc) is 1.53. The minimum atomic E-state index is -3.64. The van der Waals surface area contributed by atoms with E-state index >= 15 is 0 Å². The molecule has 1 aliphatic carbocycles. The highest BCUT2D eigenvalue weighted by atomic mass is 35.5. The molecule has 0 heterocycles. The third-order valence-corrected chi connectivity index (χ3v) is 1.76. The summed E-state index contributed by atoms with van der Waals surface area (Å²) in [6.07, 6.45) is -1.58. The van der Waals surface area contributed by atoms with Gasteiger partial charge in [0.1, 0.15) is 0 Å². The summed E-state index contributed by atoms with van der Waals surface area (Å²) in [5.41, 5.74) is 0. The molecular weight excluding hydrogens is 187 g/mol. The van der Waals surface area contributed by atoms with Gasteiger partial charge in [-0.3, -0.25) is 4.79 Å². The predicted molar refractivity (Wildman–Crippen MR) is 28.9 cm³/mol. The lowest BCUT2D eigenvalue weighted by Gasteiger charge is -2.41. The SMILES string of the molecule is O=C(Cl)C1C(F)(F)CC1(F)F. The topological polar surface area (TPSA) is 17.1 Å². The number of halogens is 5. The highest BCUT2D eigenvalue weighted by Crippen LogP contribution is 2.55. The minimum absolute atomic E-state index is 1.58. The molecule has 0 N–H and O–H groups in total. The lowest BCUT2D eigenvalue weighted by atomic mass is 9.77. The van der Waals surface area contributed by atoms with Gasteiger partial charge in [0.25, 0.3) is 11.8 Å². The minimum Gasteiger partial charge on any atom is -0.281 e. The maximum Gasteiger partial charge on any atom is 0.270 e. The summed E-state index contributed by atoms with van der Waals surface area (Å²) < 4.78 is 48.7. The Morgan fingerprint density at radius 2 is 1.64 bits per heavy atom. The Morgan fingerprint density at radius 1 is 1.27 bits per heavy atom. The van der Waals surface area contributed by atoms with Crippen LogP contribution in [0, 0.1) is 5.92 Å². The zero-order valence-electron chi connectivity index (χ0n) is 5.08. The molecule has 0 bridgehead atoms. The Morgan fingerprint density at radius 3 is 1.73 bits per heavy atom. The summed E-state index contributed by atoms with van der Waals surface area (Å²) in [7, 11) is 0. The van der Waals surface area contributed by atoms with Gasteiger partial charge in [-0.1, -0.05) is 0 Å². The van der Waals surface area contributed by atoms with Crippen molar-refractivity contribution < 1.29 is 22.4 Å². The Kier molecular flexibility index (Phi) is 1.67. The molecule has 1 aliphatic rings. The zero-order valence-corrected chi connectivity index (χ0v) is 5.84. The van der Waals surface area contributed by atoms with Crippen molar-refractivity contribution in [3.05, 3.63) is 0 Å². The van der Waals surface area contributed by atoms with Gasteiger partial charge >= 0.3 is 0 Å². The lowest BCUT2D eigenvalue weighted by molar-refractivity contribution is -0.269. The zero-order chi connectivity index (χ0) is 8.86. The monoisotopic (exact) mass is 190 g/mol. The second-order valence-electron chi connectivity index (χ2n) is 2.44. The van der Waals surface area contributed by atoms with Gasteiger partial charge in [-0.15, -0.1) is 0 Å². The molecule has 1 nitrogen and oxygen atoms in total. The highest BCUT2D eigenvalue weighted by Gasteiger charge is 2.71. The lowest BCUT2D eigenvalue weighted by Crippen LogP contribution is -2.59. The molecule has 0 saturated heterocycles. The van der Waals surface area contributed by atoms with Gasteiger partial charge in [-0.05, 0) is 11.6 Å². The quantitative estimate of drug-likeness (QED) is 0.457. The van der Waals surface area contributed by atoms with Gasteiger partial charge in [0.2, 0.25) is 5.24 Å². The van der Waals surface area contributed by atoms with E-state index in [9.17, 15) is 22.4 Å². The molecule has 0 aliphatic heterocycles. The number of rotatable bonds is 1. The van der Waals surface area contributed by atoms with E-state index in [1.54, 1.807) is 0 Å². The number of hydrogen-bond donors (Lipinski definition) is 0. The fourth-order valence-corrected chi connectivity index (χ4v) is 1.35. The molecule has 11 heavy (non-hydrogen) atoms. The molecule has 64 valence electrons. The molecule has 6 heteroatoms. The maximum absolute atomic E-state index is 12.2. The largest absolute Gasteiger partial charge is 0.281 e. The molecule has 0 radical (unpaired) electrons. The van der Waals surface area contributed by atoms with Crippen LogP contribution in [0.2, 0.25) is 0 Å². The van der Waals surface area contributed by atoms with Crippen molar-refractivity contribution in [3.8, 4) is 0 Å². The van der Waals surface area contributed by atoms with Crippen LogP contribution in [0.3, 0.4) is 0 Å². The Bertz CT molecular complexity index is 189.